The number of hydrogen-bond acceptors (Lipinski definition) is 7. The van der Waals surface area contributed by atoms with Crippen LogP contribution < -0.4 is 9.64 Å². The number of rotatable bonds is 8. The van der Waals surface area contributed by atoms with Gasteiger partial charge < -0.3 is 14.5 Å². The first-order valence-corrected chi connectivity index (χ1v) is 14.2. The minimum atomic E-state index is -0.124. The third-order valence-electron chi connectivity index (χ3n) is 8.39. The molecule has 1 aliphatic carbocycles. The second-order valence-corrected chi connectivity index (χ2v) is 10.9. The molecule has 0 N–H and O–H groups in total. The van der Waals surface area contributed by atoms with Gasteiger partial charge in [0.25, 0.3) is 0 Å². The number of piperidine rings is 2. The Hall–Kier alpha value is -3.29. The van der Waals surface area contributed by atoms with Crippen LogP contribution in [-0.4, -0.2) is 59.6 Å². The third kappa shape index (κ3) is 6.40. The van der Waals surface area contributed by atoms with Gasteiger partial charge in [0, 0.05) is 44.5 Å². The summed E-state index contributed by atoms with van der Waals surface area (Å²) < 4.78 is 6.14. The summed E-state index contributed by atoms with van der Waals surface area (Å²) in [6.45, 7) is 6.09. The van der Waals surface area contributed by atoms with Gasteiger partial charge in [-0.3, -0.25) is 4.79 Å². The van der Waals surface area contributed by atoms with Crippen molar-refractivity contribution < 1.29 is 9.53 Å². The van der Waals surface area contributed by atoms with Crippen LogP contribution in [-0.2, 0) is 11.2 Å². The van der Waals surface area contributed by atoms with Gasteiger partial charge in [0.2, 0.25) is 11.9 Å². The highest BCUT2D eigenvalue weighted by molar-refractivity contribution is 5.81. The molecule has 3 aliphatic rings. The second kappa shape index (κ2) is 12.5. The standard InChI is InChI=1S/C30H39N5O3/c1-2-22-19-31-30(32-20-22)35-15-11-23(12-16-35)21-38-28-9-7-25(8-10-28)24-3-5-26(6-4-24)29(36)34-17-13-27(33-37)14-18-34/h3,7-10,19-20,23,26-27H,2,4-6,11-18,21H2,1H3. The number of allylic oxidation sites excluding steroid dienone is 2. The Morgan fingerprint density at radius 1 is 1.00 bits per heavy atom. The number of carbonyl (C=O) groups is 1. The van der Waals surface area contributed by atoms with Crippen LogP contribution in [0, 0.1) is 16.7 Å². The Morgan fingerprint density at radius 2 is 1.71 bits per heavy atom. The number of aromatic nitrogens is 2. The number of anilines is 1. The average molecular weight is 518 g/mol. The first-order valence-electron chi connectivity index (χ1n) is 14.2. The van der Waals surface area contributed by atoms with E-state index < -0.39 is 0 Å². The Kier molecular flexibility index (Phi) is 8.66. The summed E-state index contributed by atoms with van der Waals surface area (Å²) in [5.41, 5.74) is 3.69. The largest absolute Gasteiger partial charge is 0.493 e. The molecular weight excluding hydrogens is 478 g/mol. The fourth-order valence-electron chi connectivity index (χ4n) is 5.74. The molecule has 1 unspecified atom stereocenters. The fourth-order valence-corrected chi connectivity index (χ4v) is 5.74. The Labute approximate surface area is 225 Å². The molecule has 2 aromatic rings. The van der Waals surface area contributed by atoms with Crippen molar-refractivity contribution in [3.05, 3.63) is 58.8 Å². The molecule has 8 heteroatoms. The van der Waals surface area contributed by atoms with E-state index in [-0.39, 0.29) is 17.9 Å². The number of benzene rings is 1. The zero-order chi connectivity index (χ0) is 26.3. The van der Waals surface area contributed by atoms with E-state index in [0.29, 0.717) is 31.8 Å². The van der Waals surface area contributed by atoms with Gasteiger partial charge in [0.1, 0.15) is 5.75 Å². The molecule has 1 atom stereocenters. The molecular formula is C30H39N5O3. The first kappa shape index (κ1) is 26.3. The summed E-state index contributed by atoms with van der Waals surface area (Å²) in [5, 5.41) is 3.14. The quantitative estimate of drug-likeness (QED) is 0.443. The van der Waals surface area contributed by atoms with Gasteiger partial charge in [0.05, 0.1) is 12.6 Å². The number of nitrogens with zero attached hydrogens (tertiary/aromatic N) is 5. The molecule has 8 nitrogen and oxygen atoms in total. The predicted octanol–water partition coefficient (Wildman–Crippen LogP) is 5.28. The van der Waals surface area contributed by atoms with Gasteiger partial charge in [0.15, 0.2) is 0 Å². The maximum absolute atomic E-state index is 12.9. The van der Waals surface area contributed by atoms with Crippen LogP contribution in [0.3, 0.4) is 0 Å². The number of ether oxygens (including phenoxy) is 1. The van der Waals surface area contributed by atoms with E-state index in [2.05, 4.69) is 57.3 Å². The van der Waals surface area contributed by atoms with Gasteiger partial charge in [-0.25, -0.2) is 9.97 Å². The van der Waals surface area contributed by atoms with Crippen molar-refractivity contribution in [3.63, 3.8) is 0 Å². The van der Waals surface area contributed by atoms with E-state index in [0.717, 1.165) is 69.9 Å². The molecule has 38 heavy (non-hydrogen) atoms. The summed E-state index contributed by atoms with van der Waals surface area (Å²) in [6.07, 6.45) is 13.2. The van der Waals surface area contributed by atoms with Crippen LogP contribution in [0.1, 0.15) is 63.0 Å². The van der Waals surface area contributed by atoms with Crippen LogP contribution in [0.25, 0.3) is 5.57 Å². The Balaban J connectivity index is 1.05. The maximum Gasteiger partial charge on any atom is 0.226 e. The zero-order valence-corrected chi connectivity index (χ0v) is 22.4. The molecule has 0 radical (unpaired) electrons. The number of aryl methyl sites for hydroxylation is 1. The summed E-state index contributed by atoms with van der Waals surface area (Å²) in [6, 6.07) is 8.29. The number of nitroso groups, excluding NO2 is 1. The van der Waals surface area contributed by atoms with Crippen molar-refractivity contribution in [2.45, 2.75) is 64.3 Å². The van der Waals surface area contributed by atoms with E-state index in [1.807, 2.05) is 17.3 Å². The Morgan fingerprint density at radius 3 is 2.32 bits per heavy atom. The van der Waals surface area contributed by atoms with Crippen LogP contribution in [0.2, 0.25) is 0 Å². The van der Waals surface area contributed by atoms with Crippen LogP contribution in [0.15, 0.2) is 47.9 Å². The number of carbonyl (C=O) groups excluding carboxylic acids is 1. The molecule has 0 spiro atoms. The zero-order valence-electron chi connectivity index (χ0n) is 22.4. The molecule has 202 valence electrons. The van der Waals surface area contributed by atoms with E-state index >= 15 is 0 Å². The molecule has 1 aromatic heterocycles. The van der Waals surface area contributed by atoms with Crippen molar-refractivity contribution in [2.75, 3.05) is 37.7 Å². The van der Waals surface area contributed by atoms with Gasteiger partial charge in [-0.2, -0.15) is 4.91 Å². The van der Waals surface area contributed by atoms with Crippen LogP contribution in [0.5, 0.6) is 5.75 Å². The number of amides is 1. The van der Waals surface area contributed by atoms with Crippen LogP contribution >= 0.6 is 0 Å². The third-order valence-corrected chi connectivity index (χ3v) is 8.39. The lowest BCUT2D eigenvalue weighted by Gasteiger charge is -2.33. The fraction of sp³-hybridized carbons (Fsp3) is 0.567. The van der Waals surface area contributed by atoms with E-state index in [9.17, 15) is 9.70 Å². The lowest BCUT2D eigenvalue weighted by Crippen LogP contribution is -2.42. The lowest BCUT2D eigenvalue weighted by atomic mass is 9.85. The first-order chi connectivity index (χ1) is 18.6. The predicted molar refractivity (Wildman–Crippen MR) is 149 cm³/mol. The molecule has 2 saturated heterocycles. The molecule has 5 rings (SSSR count). The van der Waals surface area contributed by atoms with Gasteiger partial charge in [-0.05, 0) is 86.1 Å². The van der Waals surface area contributed by atoms with Crippen molar-refractivity contribution in [1.82, 2.24) is 14.9 Å². The molecule has 2 fully saturated rings. The smallest absolute Gasteiger partial charge is 0.226 e. The SMILES string of the molecule is CCc1cnc(N2CCC(COc3ccc(C4=CCC(C(=O)N5CCC(N=O)CC5)CC4)cc3)CC2)nc1. The molecule has 2 aliphatic heterocycles. The molecule has 1 aromatic carbocycles. The minimum Gasteiger partial charge on any atom is -0.493 e. The summed E-state index contributed by atoms with van der Waals surface area (Å²) in [4.78, 5) is 36.9. The highest BCUT2D eigenvalue weighted by atomic mass is 16.5. The highest BCUT2D eigenvalue weighted by Crippen LogP contribution is 2.33. The van der Waals surface area contributed by atoms with E-state index in [1.165, 1.54) is 16.7 Å². The summed E-state index contributed by atoms with van der Waals surface area (Å²) in [5.74, 6) is 2.57. The summed E-state index contributed by atoms with van der Waals surface area (Å²) >= 11 is 0. The molecule has 0 saturated carbocycles. The van der Waals surface area contributed by atoms with Gasteiger partial charge in [-0.1, -0.05) is 30.3 Å². The topological polar surface area (TPSA) is 88.0 Å². The average Bonchev–Trinajstić information content (AvgIpc) is 3.00. The lowest BCUT2D eigenvalue weighted by molar-refractivity contribution is -0.136. The van der Waals surface area contributed by atoms with Crippen molar-refractivity contribution >= 4 is 17.4 Å². The minimum absolute atomic E-state index is 0.0516. The van der Waals surface area contributed by atoms with Crippen LogP contribution in [0.4, 0.5) is 5.95 Å². The van der Waals surface area contributed by atoms with Gasteiger partial charge >= 0.3 is 0 Å². The van der Waals surface area contributed by atoms with Crippen molar-refractivity contribution in [3.8, 4) is 5.75 Å². The number of likely N-dealkylation sites (tertiary alicyclic amines) is 1. The summed E-state index contributed by atoms with van der Waals surface area (Å²) in [7, 11) is 0. The number of hydrogen-bond donors (Lipinski definition) is 0. The second-order valence-electron chi connectivity index (χ2n) is 10.9. The normalized spacial score (nSPS) is 21.2. The molecule has 0 bridgehead atoms. The van der Waals surface area contributed by atoms with E-state index in [4.69, 9.17) is 4.74 Å². The maximum atomic E-state index is 12.9. The Bertz CT molecular complexity index is 1100. The van der Waals surface area contributed by atoms with E-state index in [1.54, 1.807) is 0 Å². The van der Waals surface area contributed by atoms with Gasteiger partial charge in [-0.15, -0.1) is 0 Å². The molecule has 3 heterocycles. The van der Waals surface area contributed by atoms with Crippen molar-refractivity contribution in [1.29, 1.82) is 0 Å². The van der Waals surface area contributed by atoms with Crippen molar-refractivity contribution in [2.24, 2.45) is 17.0 Å². The highest BCUT2D eigenvalue weighted by Gasteiger charge is 2.29. The molecule has 1 amide bonds. The monoisotopic (exact) mass is 517 g/mol.